The number of carboxylic acids is 1. The average Bonchev–Trinajstić information content (AvgIpc) is 2.15. The summed E-state index contributed by atoms with van der Waals surface area (Å²) in [5.74, 6) is -2.63. The Labute approximate surface area is 98.6 Å². The number of piperidine rings is 1. The van der Waals surface area contributed by atoms with Crippen LogP contribution in [0.15, 0.2) is 0 Å². The lowest BCUT2D eigenvalue weighted by Crippen LogP contribution is -2.51. The Kier molecular flexibility index (Phi) is 4.41. The smallest absolute Gasteiger partial charge is 0.393 e. The van der Waals surface area contributed by atoms with Gasteiger partial charge in [-0.1, -0.05) is 13.8 Å². The quantitative estimate of drug-likeness (QED) is 0.839. The summed E-state index contributed by atoms with van der Waals surface area (Å²) in [6, 6.07) is -0.819. The molecule has 1 N–H and O–H groups in total. The van der Waals surface area contributed by atoms with Crippen LogP contribution in [0.5, 0.6) is 0 Å². The van der Waals surface area contributed by atoms with E-state index < -0.39 is 24.1 Å². The molecule has 0 radical (unpaired) electrons. The van der Waals surface area contributed by atoms with E-state index in [0.717, 1.165) is 0 Å². The fourth-order valence-electron chi connectivity index (χ4n) is 2.39. The fraction of sp³-hybridized carbons (Fsp3) is 0.909. The van der Waals surface area contributed by atoms with E-state index in [9.17, 15) is 18.0 Å². The normalized spacial score (nSPS) is 24.9. The Morgan fingerprint density at radius 1 is 1.41 bits per heavy atom. The molecular formula is C11H18F3NO2. The van der Waals surface area contributed by atoms with Crippen LogP contribution in [0.1, 0.15) is 26.7 Å². The first-order valence-electron chi connectivity index (χ1n) is 5.77. The lowest BCUT2D eigenvalue weighted by molar-refractivity contribution is -0.191. The topological polar surface area (TPSA) is 40.5 Å². The minimum absolute atomic E-state index is 0.102. The molecule has 1 rings (SSSR count). The number of carboxylic acid groups (broad SMARTS) is 1. The highest BCUT2D eigenvalue weighted by Crippen LogP contribution is 2.34. The van der Waals surface area contributed by atoms with Gasteiger partial charge in [0.25, 0.3) is 0 Å². The number of carbonyl (C=O) groups is 1. The summed E-state index contributed by atoms with van der Waals surface area (Å²) in [5, 5.41) is 9.06. The molecule has 1 aliphatic rings. The highest BCUT2D eigenvalue weighted by atomic mass is 19.4. The Balaban J connectivity index is 2.74. The molecule has 0 aliphatic carbocycles. The zero-order chi connectivity index (χ0) is 13.2. The molecule has 2 unspecified atom stereocenters. The lowest BCUT2D eigenvalue weighted by atomic mass is 9.93. The van der Waals surface area contributed by atoms with Crippen molar-refractivity contribution in [1.29, 1.82) is 0 Å². The van der Waals surface area contributed by atoms with Crippen molar-refractivity contribution in [3.63, 3.8) is 0 Å². The lowest BCUT2D eigenvalue weighted by Gasteiger charge is -2.38. The summed E-state index contributed by atoms with van der Waals surface area (Å²) in [6.45, 7) is 3.67. The average molecular weight is 253 g/mol. The minimum Gasteiger partial charge on any atom is -0.480 e. The Hall–Kier alpha value is -0.780. The van der Waals surface area contributed by atoms with Gasteiger partial charge in [0.05, 0.1) is 5.92 Å². The van der Waals surface area contributed by atoms with Crippen LogP contribution in [0.3, 0.4) is 0 Å². The molecule has 6 heteroatoms. The molecule has 1 fully saturated rings. The number of hydrogen-bond donors (Lipinski definition) is 1. The van der Waals surface area contributed by atoms with Crippen LogP contribution in [-0.4, -0.2) is 41.3 Å². The standard InChI is InChI=1S/C11H18F3NO2/c1-7(2)9(10(16)17)15-5-3-4-8(6-15)11(12,13)14/h7-9H,3-6H2,1-2H3,(H,16,17). The van der Waals surface area contributed by atoms with Gasteiger partial charge in [-0.15, -0.1) is 0 Å². The van der Waals surface area contributed by atoms with E-state index in [-0.39, 0.29) is 18.9 Å². The van der Waals surface area contributed by atoms with Crippen molar-refractivity contribution in [2.24, 2.45) is 11.8 Å². The van der Waals surface area contributed by atoms with Crippen molar-refractivity contribution in [3.05, 3.63) is 0 Å². The molecule has 0 amide bonds. The zero-order valence-corrected chi connectivity index (χ0v) is 10.00. The van der Waals surface area contributed by atoms with Crippen LogP contribution in [-0.2, 0) is 4.79 Å². The maximum absolute atomic E-state index is 12.6. The van der Waals surface area contributed by atoms with Gasteiger partial charge in [0.2, 0.25) is 0 Å². The first-order chi connectivity index (χ1) is 7.73. The van der Waals surface area contributed by atoms with Crippen LogP contribution >= 0.6 is 0 Å². The summed E-state index contributed by atoms with van der Waals surface area (Å²) in [7, 11) is 0. The van der Waals surface area contributed by atoms with Crippen molar-refractivity contribution < 1.29 is 23.1 Å². The number of aliphatic carboxylic acids is 1. The van der Waals surface area contributed by atoms with Gasteiger partial charge in [0.15, 0.2) is 0 Å². The third-order valence-electron chi connectivity index (χ3n) is 3.19. The van der Waals surface area contributed by atoms with Crippen molar-refractivity contribution >= 4 is 5.97 Å². The predicted octanol–water partition coefficient (Wildman–Crippen LogP) is 2.37. The molecule has 0 aromatic rings. The first-order valence-corrected chi connectivity index (χ1v) is 5.77. The summed E-state index contributed by atoms with van der Waals surface area (Å²) in [4.78, 5) is 12.5. The maximum Gasteiger partial charge on any atom is 0.393 e. The Bertz CT molecular complexity index is 278. The Morgan fingerprint density at radius 2 is 2.00 bits per heavy atom. The largest absolute Gasteiger partial charge is 0.480 e. The van der Waals surface area contributed by atoms with Gasteiger partial charge >= 0.3 is 12.1 Å². The van der Waals surface area contributed by atoms with E-state index in [4.69, 9.17) is 5.11 Å². The summed E-state index contributed by atoms with van der Waals surface area (Å²) in [5.41, 5.74) is 0. The first kappa shape index (κ1) is 14.3. The van der Waals surface area contributed by atoms with Gasteiger partial charge in [0.1, 0.15) is 6.04 Å². The number of alkyl halides is 3. The number of nitrogens with zero attached hydrogens (tertiary/aromatic N) is 1. The number of likely N-dealkylation sites (tertiary alicyclic amines) is 1. The summed E-state index contributed by atoms with van der Waals surface area (Å²) >= 11 is 0. The number of rotatable bonds is 3. The van der Waals surface area contributed by atoms with Gasteiger partial charge in [0, 0.05) is 6.54 Å². The van der Waals surface area contributed by atoms with Gasteiger partial charge in [-0.3, -0.25) is 9.69 Å². The third-order valence-corrected chi connectivity index (χ3v) is 3.19. The molecule has 0 aromatic heterocycles. The molecule has 17 heavy (non-hydrogen) atoms. The van der Waals surface area contributed by atoms with Crippen LogP contribution < -0.4 is 0 Å². The Morgan fingerprint density at radius 3 is 2.41 bits per heavy atom. The van der Waals surface area contributed by atoms with Gasteiger partial charge in [-0.05, 0) is 25.3 Å². The van der Waals surface area contributed by atoms with Crippen molar-refractivity contribution in [2.75, 3.05) is 13.1 Å². The maximum atomic E-state index is 12.6. The van der Waals surface area contributed by atoms with Crippen LogP contribution in [0.25, 0.3) is 0 Å². The van der Waals surface area contributed by atoms with Crippen molar-refractivity contribution in [2.45, 2.75) is 38.9 Å². The third kappa shape index (κ3) is 3.59. The fourth-order valence-corrected chi connectivity index (χ4v) is 2.39. The molecule has 0 saturated carbocycles. The minimum atomic E-state index is -4.22. The second kappa shape index (κ2) is 5.25. The number of halogens is 3. The molecule has 0 spiro atoms. The molecule has 1 aliphatic heterocycles. The molecule has 1 saturated heterocycles. The molecule has 1 heterocycles. The highest BCUT2D eigenvalue weighted by Gasteiger charge is 2.44. The molecule has 0 bridgehead atoms. The van der Waals surface area contributed by atoms with E-state index in [1.165, 1.54) is 4.90 Å². The van der Waals surface area contributed by atoms with Crippen molar-refractivity contribution in [1.82, 2.24) is 4.90 Å². The van der Waals surface area contributed by atoms with E-state index in [1.807, 2.05) is 0 Å². The van der Waals surface area contributed by atoms with E-state index in [2.05, 4.69) is 0 Å². The second-order valence-corrected chi connectivity index (χ2v) is 4.90. The van der Waals surface area contributed by atoms with Crippen LogP contribution in [0.2, 0.25) is 0 Å². The highest BCUT2D eigenvalue weighted by molar-refractivity contribution is 5.73. The molecule has 3 nitrogen and oxygen atoms in total. The van der Waals surface area contributed by atoms with Gasteiger partial charge in [-0.25, -0.2) is 0 Å². The second-order valence-electron chi connectivity index (χ2n) is 4.90. The molecule has 0 aromatic carbocycles. The molecular weight excluding hydrogens is 235 g/mol. The zero-order valence-electron chi connectivity index (χ0n) is 10.00. The predicted molar refractivity (Wildman–Crippen MR) is 56.6 cm³/mol. The van der Waals surface area contributed by atoms with E-state index >= 15 is 0 Å². The van der Waals surface area contributed by atoms with E-state index in [0.29, 0.717) is 13.0 Å². The SMILES string of the molecule is CC(C)C(C(=O)O)N1CCCC(C(F)(F)F)C1. The van der Waals surface area contributed by atoms with Crippen molar-refractivity contribution in [3.8, 4) is 0 Å². The number of hydrogen-bond acceptors (Lipinski definition) is 2. The molecule has 2 atom stereocenters. The summed E-state index contributed by atoms with van der Waals surface area (Å²) < 4.78 is 37.8. The summed E-state index contributed by atoms with van der Waals surface area (Å²) in [6.07, 6.45) is -3.72. The van der Waals surface area contributed by atoms with Crippen LogP contribution in [0, 0.1) is 11.8 Å². The van der Waals surface area contributed by atoms with Gasteiger partial charge in [-0.2, -0.15) is 13.2 Å². The monoisotopic (exact) mass is 253 g/mol. The van der Waals surface area contributed by atoms with Gasteiger partial charge < -0.3 is 5.11 Å². The van der Waals surface area contributed by atoms with E-state index in [1.54, 1.807) is 13.8 Å². The molecule has 100 valence electrons. The van der Waals surface area contributed by atoms with Crippen LogP contribution in [0.4, 0.5) is 13.2 Å².